The number of nitrogens with one attached hydrogen (secondary N) is 1. The Morgan fingerprint density at radius 3 is 2.48 bits per heavy atom. The van der Waals surface area contributed by atoms with Crippen molar-refractivity contribution >= 4 is 17.6 Å². The topological polar surface area (TPSA) is 93.9 Å². The zero-order valence-corrected chi connectivity index (χ0v) is 15.1. The highest BCUT2D eigenvalue weighted by atomic mass is 16.7. The number of carbonyl (C=O) groups is 2. The van der Waals surface area contributed by atoms with Crippen LogP contribution < -0.4 is 5.32 Å². The number of aromatic nitrogens is 1. The van der Waals surface area contributed by atoms with Gasteiger partial charge in [0.25, 0.3) is 11.8 Å². The van der Waals surface area contributed by atoms with Gasteiger partial charge in [0.05, 0.1) is 13.2 Å². The summed E-state index contributed by atoms with van der Waals surface area (Å²) in [5, 5.41) is 6.40. The molecule has 8 heteroatoms. The van der Waals surface area contributed by atoms with Crippen molar-refractivity contribution in [2.24, 2.45) is 0 Å². The summed E-state index contributed by atoms with van der Waals surface area (Å²) >= 11 is 0. The van der Waals surface area contributed by atoms with Crippen LogP contribution in [0.3, 0.4) is 0 Å². The Bertz CT molecular complexity index is 847. The highest BCUT2D eigenvalue weighted by Gasteiger charge is 2.40. The quantitative estimate of drug-likeness (QED) is 0.889. The normalized spacial score (nSPS) is 18.6. The summed E-state index contributed by atoms with van der Waals surface area (Å²) in [6.07, 6.45) is 1.31. The second-order valence-corrected chi connectivity index (χ2v) is 6.76. The van der Waals surface area contributed by atoms with Crippen LogP contribution in [0.25, 0.3) is 0 Å². The standard InChI is InChI=1S/C19H21N3O5/c1-13-11-16(21-27-13)20-17(23)14-3-2-4-15(12-14)18(24)22-7-5-19(6-8-22)25-9-10-26-19/h2-4,11-12H,5-10H2,1H3,(H,20,21,23). The first-order chi connectivity index (χ1) is 13.0. The van der Waals surface area contributed by atoms with Gasteiger partial charge in [0.15, 0.2) is 11.6 Å². The van der Waals surface area contributed by atoms with E-state index in [0.29, 0.717) is 61.8 Å². The van der Waals surface area contributed by atoms with Crippen molar-refractivity contribution in [1.29, 1.82) is 0 Å². The van der Waals surface area contributed by atoms with Gasteiger partial charge in [-0.25, -0.2) is 0 Å². The first kappa shape index (κ1) is 17.7. The molecule has 2 aromatic rings. The van der Waals surface area contributed by atoms with E-state index >= 15 is 0 Å². The van der Waals surface area contributed by atoms with Gasteiger partial charge >= 0.3 is 0 Å². The van der Waals surface area contributed by atoms with Crippen LogP contribution in [0.15, 0.2) is 34.9 Å². The van der Waals surface area contributed by atoms with E-state index in [-0.39, 0.29) is 11.8 Å². The Hall–Kier alpha value is -2.71. The molecule has 2 fully saturated rings. The fourth-order valence-electron chi connectivity index (χ4n) is 3.43. The number of hydrogen-bond donors (Lipinski definition) is 1. The van der Waals surface area contributed by atoms with Crippen molar-refractivity contribution in [1.82, 2.24) is 10.1 Å². The van der Waals surface area contributed by atoms with Crippen LogP contribution in [-0.2, 0) is 9.47 Å². The largest absolute Gasteiger partial charge is 0.360 e. The van der Waals surface area contributed by atoms with Crippen LogP contribution >= 0.6 is 0 Å². The Morgan fingerprint density at radius 1 is 1.11 bits per heavy atom. The SMILES string of the molecule is Cc1cc(NC(=O)c2cccc(C(=O)N3CCC4(CC3)OCCO4)c2)no1. The van der Waals surface area contributed by atoms with Crippen LogP contribution in [0.2, 0.25) is 0 Å². The van der Waals surface area contributed by atoms with Crippen LogP contribution in [-0.4, -0.2) is 54.0 Å². The zero-order valence-electron chi connectivity index (χ0n) is 15.1. The molecular formula is C19H21N3O5. The maximum absolute atomic E-state index is 12.8. The van der Waals surface area contributed by atoms with Crippen molar-refractivity contribution in [3.05, 3.63) is 47.2 Å². The first-order valence-corrected chi connectivity index (χ1v) is 8.97. The van der Waals surface area contributed by atoms with Crippen LogP contribution in [0.1, 0.15) is 39.3 Å². The first-order valence-electron chi connectivity index (χ1n) is 8.97. The van der Waals surface area contributed by atoms with Crippen molar-refractivity contribution < 1.29 is 23.6 Å². The molecule has 2 amide bonds. The fourth-order valence-corrected chi connectivity index (χ4v) is 3.43. The second-order valence-electron chi connectivity index (χ2n) is 6.76. The number of amides is 2. The summed E-state index contributed by atoms with van der Waals surface area (Å²) in [7, 11) is 0. The molecule has 0 atom stereocenters. The average molecular weight is 371 g/mol. The lowest BCUT2D eigenvalue weighted by molar-refractivity contribution is -0.181. The van der Waals surface area contributed by atoms with Crippen molar-refractivity contribution in [2.75, 3.05) is 31.6 Å². The Kier molecular flexibility index (Phi) is 4.67. The molecule has 1 N–H and O–H groups in total. The van der Waals surface area contributed by atoms with E-state index in [2.05, 4.69) is 10.5 Å². The van der Waals surface area contributed by atoms with Crippen molar-refractivity contribution in [3.8, 4) is 0 Å². The molecule has 0 aliphatic carbocycles. The van der Waals surface area contributed by atoms with Gasteiger partial charge in [-0.2, -0.15) is 0 Å². The highest BCUT2D eigenvalue weighted by Crippen LogP contribution is 2.31. The highest BCUT2D eigenvalue weighted by molar-refractivity contribution is 6.05. The van der Waals surface area contributed by atoms with Crippen molar-refractivity contribution in [3.63, 3.8) is 0 Å². The molecule has 0 bridgehead atoms. The molecule has 2 aliphatic rings. The third-order valence-corrected chi connectivity index (χ3v) is 4.87. The molecule has 1 aromatic heterocycles. The number of carbonyl (C=O) groups excluding carboxylic acids is 2. The predicted octanol–water partition coefficient (Wildman–Crippen LogP) is 2.21. The molecule has 142 valence electrons. The number of likely N-dealkylation sites (tertiary alicyclic amines) is 1. The van der Waals surface area contributed by atoms with Gasteiger partial charge in [-0.05, 0) is 25.1 Å². The van der Waals surface area contributed by atoms with E-state index in [1.165, 1.54) is 0 Å². The van der Waals surface area contributed by atoms with Gasteiger partial charge < -0.3 is 24.2 Å². The number of aryl methyl sites for hydroxylation is 1. The van der Waals surface area contributed by atoms with E-state index < -0.39 is 5.79 Å². The lowest BCUT2D eigenvalue weighted by atomic mass is 10.0. The molecule has 27 heavy (non-hydrogen) atoms. The fraction of sp³-hybridized carbons (Fsp3) is 0.421. The summed E-state index contributed by atoms with van der Waals surface area (Å²) < 4.78 is 16.3. The van der Waals surface area contributed by atoms with Gasteiger partial charge in [0.1, 0.15) is 5.76 Å². The summed E-state index contributed by atoms with van der Waals surface area (Å²) in [5.74, 6) is -0.0219. The number of benzene rings is 1. The Morgan fingerprint density at radius 2 is 1.81 bits per heavy atom. The summed E-state index contributed by atoms with van der Waals surface area (Å²) in [4.78, 5) is 27.0. The third-order valence-electron chi connectivity index (χ3n) is 4.87. The lowest BCUT2D eigenvalue weighted by Crippen LogP contribution is -2.47. The number of anilines is 1. The summed E-state index contributed by atoms with van der Waals surface area (Å²) in [5.41, 5.74) is 0.862. The lowest BCUT2D eigenvalue weighted by Gasteiger charge is -2.37. The number of piperidine rings is 1. The zero-order chi connectivity index (χ0) is 18.9. The van der Waals surface area contributed by atoms with Crippen LogP contribution in [0.4, 0.5) is 5.82 Å². The molecule has 1 spiro atoms. The molecular weight excluding hydrogens is 350 g/mol. The van der Waals surface area contributed by atoms with E-state index in [0.717, 1.165) is 0 Å². The number of ether oxygens (including phenoxy) is 2. The van der Waals surface area contributed by atoms with Gasteiger partial charge in [-0.3, -0.25) is 9.59 Å². The molecule has 4 rings (SSSR count). The third kappa shape index (κ3) is 3.72. The maximum atomic E-state index is 12.8. The number of rotatable bonds is 3. The van der Waals surface area contributed by atoms with E-state index in [9.17, 15) is 9.59 Å². The minimum atomic E-state index is -0.520. The number of hydrogen-bond acceptors (Lipinski definition) is 6. The minimum Gasteiger partial charge on any atom is -0.360 e. The monoisotopic (exact) mass is 371 g/mol. The molecule has 0 unspecified atom stereocenters. The number of nitrogens with zero attached hydrogens (tertiary/aromatic N) is 2. The maximum Gasteiger partial charge on any atom is 0.256 e. The molecule has 2 aliphatic heterocycles. The molecule has 2 saturated heterocycles. The van der Waals surface area contributed by atoms with Gasteiger partial charge in [-0.15, -0.1) is 0 Å². The van der Waals surface area contributed by atoms with Crippen LogP contribution in [0, 0.1) is 6.92 Å². The average Bonchev–Trinajstić information content (AvgIpc) is 3.31. The minimum absolute atomic E-state index is 0.102. The van der Waals surface area contributed by atoms with E-state index in [4.69, 9.17) is 14.0 Å². The molecule has 8 nitrogen and oxygen atoms in total. The molecule has 3 heterocycles. The van der Waals surface area contributed by atoms with Crippen LogP contribution in [0.5, 0.6) is 0 Å². The Balaban J connectivity index is 1.42. The van der Waals surface area contributed by atoms with Gasteiger partial charge in [0.2, 0.25) is 0 Å². The predicted molar refractivity (Wildman–Crippen MR) is 95.4 cm³/mol. The van der Waals surface area contributed by atoms with Gasteiger partial charge in [0, 0.05) is 43.1 Å². The van der Waals surface area contributed by atoms with Gasteiger partial charge in [-0.1, -0.05) is 11.2 Å². The summed E-state index contributed by atoms with van der Waals surface area (Å²) in [6, 6.07) is 8.29. The molecule has 0 radical (unpaired) electrons. The van der Waals surface area contributed by atoms with Crippen molar-refractivity contribution in [2.45, 2.75) is 25.6 Å². The molecule has 0 saturated carbocycles. The summed E-state index contributed by atoms with van der Waals surface area (Å²) in [6.45, 7) is 4.08. The van der Waals surface area contributed by atoms with E-state index in [1.807, 2.05) is 0 Å². The van der Waals surface area contributed by atoms with E-state index in [1.54, 1.807) is 42.2 Å². The second kappa shape index (κ2) is 7.13. The molecule has 1 aromatic carbocycles. The smallest absolute Gasteiger partial charge is 0.256 e. The Labute approximate surface area is 156 Å².